The van der Waals surface area contributed by atoms with Crippen LogP contribution in [0, 0.1) is 0 Å². The Hall–Kier alpha value is -1.77. The van der Waals surface area contributed by atoms with E-state index in [2.05, 4.69) is 5.32 Å². The first-order valence-electron chi connectivity index (χ1n) is 9.03. The number of nitrogens with zero attached hydrogens (tertiary/aromatic N) is 2. The molecule has 2 saturated heterocycles. The van der Waals surface area contributed by atoms with E-state index in [1.54, 1.807) is 4.90 Å². The maximum absolute atomic E-state index is 12.8. The molecule has 3 rings (SSSR count). The molecule has 0 spiro atoms. The highest BCUT2D eigenvalue weighted by molar-refractivity contribution is 7.89. The van der Waals surface area contributed by atoms with Crippen molar-refractivity contribution < 1.29 is 18.0 Å². The molecule has 1 N–H and O–H groups in total. The lowest BCUT2D eigenvalue weighted by atomic mass is 10.0. The van der Waals surface area contributed by atoms with E-state index in [0.717, 1.165) is 25.8 Å². The summed E-state index contributed by atoms with van der Waals surface area (Å²) < 4.78 is 27.0. The molecule has 0 saturated carbocycles. The van der Waals surface area contributed by atoms with E-state index in [0.29, 0.717) is 18.7 Å². The monoisotopic (exact) mass is 379 g/mol. The van der Waals surface area contributed by atoms with Gasteiger partial charge in [-0.1, -0.05) is 18.6 Å². The van der Waals surface area contributed by atoms with Gasteiger partial charge in [0, 0.05) is 31.7 Å². The molecule has 0 aromatic heterocycles. The van der Waals surface area contributed by atoms with Crippen LogP contribution in [0.1, 0.15) is 36.5 Å². The number of nitrogens with one attached hydrogen (secondary N) is 1. The fraction of sp³-hybridized carbons (Fsp3) is 0.556. The van der Waals surface area contributed by atoms with Crippen LogP contribution in [0.3, 0.4) is 0 Å². The van der Waals surface area contributed by atoms with Crippen molar-refractivity contribution in [3.8, 4) is 0 Å². The summed E-state index contributed by atoms with van der Waals surface area (Å²) in [5.41, 5.74) is 0.486. The molecule has 7 nitrogen and oxygen atoms in total. The van der Waals surface area contributed by atoms with Gasteiger partial charge in [0.05, 0.1) is 10.9 Å². The summed E-state index contributed by atoms with van der Waals surface area (Å²) in [6, 6.07) is 5.87. The third-order valence-electron chi connectivity index (χ3n) is 5.06. The molecule has 1 aromatic carbocycles. The van der Waals surface area contributed by atoms with Gasteiger partial charge in [-0.3, -0.25) is 9.59 Å². The minimum absolute atomic E-state index is 0.0764. The molecule has 2 heterocycles. The number of sulfonamides is 1. The lowest BCUT2D eigenvalue weighted by molar-refractivity contribution is -0.135. The molecular formula is C18H25N3O4S. The molecule has 1 unspecified atom stereocenters. The molecule has 2 fully saturated rings. The minimum atomic E-state index is -3.61. The van der Waals surface area contributed by atoms with E-state index in [4.69, 9.17) is 0 Å². The van der Waals surface area contributed by atoms with Crippen LogP contribution in [-0.2, 0) is 14.8 Å². The quantitative estimate of drug-likeness (QED) is 0.785. The van der Waals surface area contributed by atoms with Crippen LogP contribution >= 0.6 is 0 Å². The summed E-state index contributed by atoms with van der Waals surface area (Å²) >= 11 is 0. The fourth-order valence-corrected chi connectivity index (χ4v) is 4.86. The van der Waals surface area contributed by atoms with Crippen LogP contribution in [0.4, 0.5) is 0 Å². The van der Waals surface area contributed by atoms with Crippen molar-refractivity contribution in [2.24, 2.45) is 0 Å². The van der Waals surface area contributed by atoms with Gasteiger partial charge in [-0.2, -0.15) is 4.31 Å². The van der Waals surface area contributed by atoms with Crippen molar-refractivity contribution in [3.63, 3.8) is 0 Å². The highest BCUT2D eigenvalue weighted by Crippen LogP contribution is 2.19. The van der Waals surface area contributed by atoms with Crippen LogP contribution in [0.5, 0.6) is 0 Å². The Labute approximate surface area is 154 Å². The Balaban J connectivity index is 1.63. The number of Topliss-reactive ketones (excluding diaryl/α,β-unsaturated/α-hetero) is 1. The molecule has 2 aliphatic rings. The number of rotatable bonds is 4. The molecule has 1 amide bonds. The van der Waals surface area contributed by atoms with E-state index in [1.807, 2.05) is 0 Å². The van der Waals surface area contributed by atoms with Crippen LogP contribution < -0.4 is 5.32 Å². The van der Waals surface area contributed by atoms with Gasteiger partial charge in [0.15, 0.2) is 5.78 Å². The van der Waals surface area contributed by atoms with E-state index < -0.39 is 10.0 Å². The molecule has 26 heavy (non-hydrogen) atoms. The predicted molar refractivity (Wildman–Crippen MR) is 97.4 cm³/mol. The van der Waals surface area contributed by atoms with E-state index in [1.165, 1.54) is 35.5 Å². The lowest BCUT2D eigenvalue weighted by Crippen LogP contribution is -2.55. The van der Waals surface area contributed by atoms with Gasteiger partial charge in [0.1, 0.15) is 0 Å². The maximum atomic E-state index is 12.8. The minimum Gasteiger partial charge on any atom is -0.339 e. The molecule has 1 aromatic rings. The molecular weight excluding hydrogens is 354 g/mol. The Morgan fingerprint density at radius 2 is 1.69 bits per heavy atom. The molecule has 0 aliphatic carbocycles. The zero-order valence-electron chi connectivity index (χ0n) is 15.0. The lowest BCUT2D eigenvalue weighted by Gasteiger charge is -2.36. The third kappa shape index (κ3) is 3.97. The Bertz CT molecular complexity index is 762. The molecule has 0 bridgehead atoms. The van der Waals surface area contributed by atoms with Gasteiger partial charge in [0.25, 0.3) is 0 Å². The Morgan fingerprint density at radius 1 is 1.04 bits per heavy atom. The average Bonchev–Trinajstić information content (AvgIpc) is 2.68. The number of amides is 1. The van der Waals surface area contributed by atoms with Crippen molar-refractivity contribution in [2.45, 2.75) is 37.1 Å². The summed E-state index contributed by atoms with van der Waals surface area (Å²) in [7, 11) is -3.61. The van der Waals surface area contributed by atoms with Crippen molar-refractivity contribution >= 4 is 21.7 Å². The topological polar surface area (TPSA) is 86.8 Å². The van der Waals surface area contributed by atoms with Gasteiger partial charge < -0.3 is 10.2 Å². The number of hydrogen-bond donors (Lipinski definition) is 1. The second-order valence-corrected chi connectivity index (χ2v) is 8.75. The zero-order chi connectivity index (χ0) is 18.7. The van der Waals surface area contributed by atoms with Crippen LogP contribution in [0.25, 0.3) is 0 Å². The Morgan fingerprint density at radius 3 is 2.23 bits per heavy atom. The summed E-state index contributed by atoms with van der Waals surface area (Å²) in [5.74, 6) is -0.0232. The number of hydrogen-bond acceptors (Lipinski definition) is 5. The van der Waals surface area contributed by atoms with Gasteiger partial charge in [-0.25, -0.2) is 8.42 Å². The predicted octanol–water partition coefficient (Wildman–Crippen LogP) is 0.864. The third-order valence-corrected chi connectivity index (χ3v) is 6.97. The first-order valence-corrected chi connectivity index (χ1v) is 10.5. The summed E-state index contributed by atoms with van der Waals surface area (Å²) in [6.45, 7) is 3.69. The molecule has 142 valence electrons. The van der Waals surface area contributed by atoms with Crippen molar-refractivity contribution in [2.75, 3.05) is 32.7 Å². The Kier molecular flexibility index (Phi) is 5.74. The fourth-order valence-electron chi connectivity index (χ4n) is 3.44. The number of carbonyl (C=O) groups excluding carboxylic acids is 2. The highest BCUT2D eigenvalue weighted by Gasteiger charge is 2.32. The van der Waals surface area contributed by atoms with Crippen LogP contribution in [-0.4, -0.2) is 68.1 Å². The second kappa shape index (κ2) is 7.85. The molecule has 0 radical (unpaired) electrons. The van der Waals surface area contributed by atoms with Crippen LogP contribution in [0.15, 0.2) is 29.2 Å². The first-order chi connectivity index (χ1) is 12.4. The summed E-state index contributed by atoms with van der Waals surface area (Å²) in [6.07, 6.45) is 2.99. The van der Waals surface area contributed by atoms with Gasteiger partial charge >= 0.3 is 0 Å². The average molecular weight is 379 g/mol. The molecule has 2 aliphatic heterocycles. The number of carbonyl (C=O) groups is 2. The summed E-state index contributed by atoms with van der Waals surface area (Å²) in [5, 5.41) is 3.25. The van der Waals surface area contributed by atoms with Crippen molar-refractivity contribution in [1.82, 2.24) is 14.5 Å². The number of ketones is 1. The zero-order valence-corrected chi connectivity index (χ0v) is 15.8. The first kappa shape index (κ1) is 19.0. The van der Waals surface area contributed by atoms with Gasteiger partial charge in [0.2, 0.25) is 15.9 Å². The van der Waals surface area contributed by atoms with Crippen LogP contribution in [0.2, 0.25) is 0 Å². The summed E-state index contributed by atoms with van der Waals surface area (Å²) in [4.78, 5) is 25.8. The molecule has 1 atom stereocenters. The smallest absolute Gasteiger partial charge is 0.243 e. The standard InChI is InChI=1S/C18H25N3O4S/c1-14(22)15-5-7-16(8-6-15)26(24,25)21-12-10-20(11-13-21)18(23)17-4-2-3-9-19-17/h5-8,17,19H,2-4,9-13H2,1H3. The van der Waals surface area contributed by atoms with E-state index in [-0.39, 0.29) is 35.7 Å². The number of piperidine rings is 1. The SMILES string of the molecule is CC(=O)c1ccc(S(=O)(=O)N2CCN(C(=O)C3CCCCN3)CC2)cc1. The number of piperazine rings is 1. The van der Waals surface area contributed by atoms with Gasteiger partial charge in [-0.05, 0) is 38.4 Å². The van der Waals surface area contributed by atoms with E-state index >= 15 is 0 Å². The largest absolute Gasteiger partial charge is 0.339 e. The highest BCUT2D eigenvalue weighted by atomic mass is 32.2. The van der Waals surface area contributed by atoms with Crippen molar-refractivity contribution in [1.29, 1.82) is 0 Å². The maximum Gasteiger partial charge on any atom is 0.243 e. The normalized spacial score (nSPS) is 22.2. The van der Waals surface area contributed by atoms with E-state index in [9.17, 15) is 18.0 Å². The van der Waals surface area contributed by atoms with Gasteiger partial charge in [-0.15, -0.1) is 0 Å². The van der Waals surface area contributed by atoms with Crippen molar-refractivity contribution in [3.05, 3.63) is 29.8 Å². The second-order valence-electron chi connectivity index (χ2n) is 6.81. The number of benzene rings is 1. The molecule has 8 heteroatoms.